The van der Waals surface area contributed by atoms with Crippen molar-refractivity contribution in [1.29, 1.82) is 0 Å². The van der Waals surface area contributed by atoms with Gasteiger partial charge < -0.3 is 16.0 Å². The van der Waals surface area contributed by atoms with Crippen LogP contribution in [0.3, 0.4) is 0 Å². The third-order valence-corrected chi connectivity index (χ3v) is 4.13. The van der Waals surface area contributed by atoms with Crippen molar-refractivity contribution in [2.45, 2.75) is 19.1 Å². The van der Waals surface area contributed by atoms with E-state index in [9.17, 15) is 27.6 Å². The summed E-state index contributed by atoms with van der Waals surface area (Å²) in [6, 6.07) is 6.12. The van der Waals surface area contributed by atoms with Crippen molar-refractivity contribution in [2.75, 3.05) is 11.9 Å². The standard InChI is InChI=1S/C18H17F3N6O3/c19-18(20,21)11-3-1-2-10(8-11)9-27-7-5-13(26-27)15(28)24-14-12(4-6-22)23-17(30)25-16(14)29/h1-3,5,7-8H,4,6,9,22H2,(H,24,28)(H2,23,25,29,30). The third kappa shape index (κ3) is 4.84. The van der Waals surface area contributed by atoms with Crippen molar-refractivity contribution in [3.63, 3.8) is 0 Å². The largest absolute Gasteiger partial charge is 0.416 e. The first-order valence-corrected chi connectivity index (χ1v) is 8.74. The Hall–Kier alpha value is -3.67. The van der Waals surface area contributed by atoms with Gasteiger partial charge in [0.05, 0.1) is 17.8 Å². The van der Waals surface area contributed by atoms with Crippen molar-refractivity contribution in [3.8, 4) is 0 Å². The van der Waals surface area contributed by atoms with E-state index < -0.39 is 28.9 Å². The van der Waals surface area contributed by atoms with Gasteiger partial charge >= 0.3 is 11.9 Å². The lowest BCUT2D eigenvalue weighted by atomic mass is 10.1. The average molecular weight is 422 g/mol. The van der Waals surface area contributed by atoms with E-state index in [1.807, 2.05) is 4.98 Å². The minimum absolute atomic E-state index is 0.00879. The zero-order valence-corrected chi connectivity index (χ0v) is 15.4. The highest BCUT2D eigenvalue weighted by Crippen LogP contribution is 2.29. The van der Waals surface area contributed by atoms with E-state index in [-0.39, 0.29) is 36.6 Å². The Balaban J connectivity index is 1.78. The van der Waals surface area contributed by atoms with Crippen molar-refractivity contribution in [2.24, 2.45) is 5.73 Å². The zero-order chi connectivity index (χ0) is 21.9. The van der Waals surface area contributed by atoms with Gasteiger partial charge in [0.15, 0.2) is 5.69 Å². The number of alkyl halides is 3. The molecule has 0 unspecified atom stereocenters. The molecule has 0 aliphatic rings. The summed E-state index contributed by atoms with van der Waals surface area (Å²) in [5, 5.41) is 6.41. The molecule has 0 saturated heterocycles. The van der Waals surface area contributed by atoms with Crippen molar-refractivity contribution in [3.05, 3.63) is 79.9 Å². The van der Waals surface area contributed by atoms with Gasteiger partial charge in [-0.25, -0.2) is 4.79 Å². The monoisotopic (exact) mass is 422 g/mol. The van der Waals surface area contributed by atoms with Crippen molar-refractivity contribution < 1.29 is 18.0 Å². The normalized spacial score (nSPS) is 11.5. The maximum absolute atomic E-state index is 12.8. The predicted octanol–water partition coefficient (Wildman–Crippen LogP) is 1.08. The molecule has 0 atom stereocenters. The molecule has 2 aromatic heterocycles. The van der Waals surface area contributed by atoms with Crippen LogP contribution in [0.5, 0.6) is 0 Å². The first-order chi connectivity index (χ1) is 14.2. The second kappa shape index (κ2) is 8.37. The van der Waals surface area contributed by atoms with E-state index in [1.54, 1.807) is 0 Å². The lowest BCUT2D eigenvalue weighted by Crippen LogP contribution is -2.30. The van der Waals surface area contributed by atoms with E-state index in [2.05, 4.69) is 15.4 Å². The van der Waals surface area contributed by atoms with E-state index in [1.165, 1.54) is 29.1 Å². The molecule has 0 saturated carbocycles. The highest BCUT2D eigenvalue weighted by Gasteiger charge is 2.30. The number of benzene rings is 1. The SMILES string of the molecule is NCCc1[nH]c(=O)[nH]c(=O)c1NC(=O)c1ccn(Cc2cccc(C(F)(F)F)c2)n1. The maximum atomic E-state index is 12.8. The highest BCUT2D eigenvalue weighted by atomic mass is 19.4. The van der Waals surface area contributed by atoms with E-state index >= 15 is 0 Å². The number of aromatic nitrogens is 4. The van der Waals surface area contributed by atoms with Gasteiger partial charge in [-0.15, -0.1) is 0 Å². The molecule has 3 rings (SSSR count). The number of nitrogens with one attached hydrogen (secondary N) is 3. The topological polar surface area (TPSA) is 139 Å². The molecule has 0 aliphatic heterocycles. The Morgan fingerprint density at radius 3 is 2.67 bits per heavy atom. The number of carbonyl (C=O) groups excluding carboxylic acids is 1. The summed E-state index contributed by atoms with van der Waals surface area (Å²) in [7, 11) is 0. The minimum atomic E-state index is -4.46. The summed E-state index contributed by atoms with van der Waals surface area (Å²) in [6.07, 6.45) is -2.89. The lowest BCUT2D eigenvalue weighted by Gasteiger charge is -2.09. The Labute approximate surface area is 166 Å². The average Bonchev–Trinajstić information content (AvgIpc) is 3.13. The third-order valence-electron chi connectivity index (χ3n) is 4.13. The molecule has 0 bridgehead atoms. The fourth-order valence-corrected chi connectivity index (χ4v) is 2.78. The molecular weight excluding hydrogens is 405 g/mol. The quantitative estimate of drug-likeness (QED) is 0.471. The zero-order valence-electron chi connectivity index (χ0n) is 15.4. The van der Waals surface area contributed by atoms with Gasteiger partial charge in [0, 0.05) is 12.6 Å². The maximum Gasteiger partial charge on any atom is 0.416 e. The van der Waals surface area contributed by atoms with Gasteiger partial charge in [0.25, 0.3) is 11.5 Å². The molecular formula is C18H17F3N6O3. The number of hydrogen-bond acceptors (Lipinski definition) is 5. The Kier molecular flexibility index (Phi) is 5.87. The number of nitrogens with two attached hydrogens (primary N) is 1. The molecule has 12 heteroatoms. The van der Waals surface area contributed by atoms with Gasteiger partial charge in [0.1, 0.15) is 5.69 Å². The number of rotatable bonds is 6. The Morgan fingerprint density at radius 2 is 1.97 bits per heavy atom. The number of halogens is 3. The van der Waals surface area contributed by atoms with Crippen LogP contribution in [0.4, 0.5) is 18.9 Å². The molecule has 2 heterocycles. The first-order valence-electron chi connectivity index (χ1n) is 8.74. The molecule has 0 radical (unpaired) electrons. The molecule has 9 nitrogen and oxygen atoms in total. The molecule has 5 N–H and O–H groups in total. The van der Waals surface area contributed by atoms with Crippen molar-refractivity contribution >= 4 is 11.6 Å². The lowest BCUT2D eigenvalue weighted by molar-refractivity contribution is -0.137. The number of H-pyrrole nitrogens is 2. The van der Waals surface area contributed by atoms with Crippen LogP contribution >= 0.6 is 0 Å². The summed E-state index contributed by atoms with van der Waals surface area (Å²) < 4.78 is 39.8. The molecule has 3 aromatic rings. The number of aromatic amines is 2. The summed E-state index contributed by atoms with van der Waals surface area (Å²) in [4.78, 5) is 40.3. The van der Waals surface area contributed by atoms with Gasteiger partial charge in [-0.3, -0.25) is 19.3 Å². The van der Waals surface area contributed by atoms with Crippen LogP contribution < -0.4 is 22.3 Å². The number of carbonyl (C=O) groups is 1. The summed E-state index contributed by atoms with van der Waals surface area (Å²) >= 11 is 0. The van der Waals surface area contributed by atoms with Crippen LogP contribution in [0.15, 0.2) is 46.1 Å². The minimum Gasteiger partial charge on any atom is -0.330 e. The second-order valence-corrected chi connectivity index (χ2v) is 6.35. The molecule has 30 heavy (non-hydrogen) atoms. The predicted molar refractivity (Wildman–Crippen MR) is 101 cm³/mol. The number of hydrogen-bond donors (Lipinski definition) is 4. The molecule has 0 fully saturated rings. The number of nitrogens with zero attached hydrogens (tertiary/aromatic N) is 2. The highest BCUT2D eigenvalue weighted by molar-refractivity contribution is 6.02. The van der Waals surface area contributed by atoms with Crippen LogP contribution in [-0.4, -0.2) is 32.2 Å². The number of anilines is 1. The fourth-order valence-electron chi connectivity index (χ4n) is 2.78. The van der Waals surface area contributed by atoms with E-state index in [0.717, 1.165) is 12.1 Å². The van der Waals surface area contributed by atoms with Crippen LogP contribution in [0, 0.1) is 0 Å². The van der Waals surface area contributed by atoms with Gasteiger partial charge in [-0.1, -0.05) is 12.1 Å². The number of amides is 1. The van der Waals surface area contributed by atoms with Crippen LogP contribution in [-0.2, 0) is 19.1 Å². The fraction of sp³-hybridized carbons (Fsp3) is 0.222. The Morgan fingerprint density at radius 1 is 1.20 bits per heavy atom. The van der Waals surface area contributed by atoms with E-state index in [4.69, 9.17) is 5.73 Å². The van der Waals surface area contributed by atoms with Crippen molar-refractivity contribution in [1.82, 2.24) is 19.7 Å². The molecule has 0 aliphatic carbocycles. The molecule has 1 amide bonds. The first kappa shape index (κ1) is 21.0. The summed E-state index contributed by atoms with van der Waals surface area (Å²) in [5.74, 6) is -0.728. The van der Waals surface area contributed by atoms with Crippen LogP contribution in [0.2, 0.25) is 0 Å². The van der Waals surface area contributed by atoms with Gasteiger partial charge in [0.2, 0.25) is 0 Å². The molecule has 1 aromatic carbocycles. The van der Waals surface area contributed by atoms with E-state index in [0.29, 0.717) is 5.56 Å². The summed E-state index contributed by atoms with van der Waals surface area (Å²) in [5.41, 5.74) is 3.45. The molecule has 158 valence electrons. The smallest absolute Gasteiger partial charge is 0.330 e. The second-order valence-electron chi connectivity index (χ2n) is 6.35. The van der Waals surface area contributed by atoms with Crippen LogP contribution in [0.1, 0.15) is 27.3 Å². The van der Waals surface area contributed by atoms with Crippen LogP contribution in [0.25, 0.3) is 0 Å². The summed E-state index contributed by atoms with van der Waals surface area (Å²) in [6.45, 7) is 0.142. The molecule has 0 spiro atoms. The Bertz CT molecular complexity index is 1180. The van der Waals surface area contributed by atoms with Gasteiger partial charge in [-0.05, 0) is 30.3 Å². The van der Waals surface area contributed by atoms with Gasteiger partial charge in [-0.2, -0.15) is 18.3 Å².